The van der Waals surface area contributed by atoms with Crippen LogP contribution >= 0.6 is 0 Å². The molecule has 3 nitrogen and oxygen atoms in total. The highest BCUT2D eigenvalue weighted by molar-refractivity contribution is 4.78. The summed E-state index contributed by atoms with van der Waals surface area (Å²) in [6, 6.07) is 0.706. The minimum absolute atomic E-state index is 0.642. The summed E-state index contributed by atoms with van der Waals surface area (Å²) in [6.45, 7) is 10.7. The van der Waals surface area contributed by atoms with Crippen molar-refractivity contribution in [1.82, 2.24) is 9.80 Å². The SMILES string of the molecule is [C-]#[N+]CCN(C)C1CCN(C)CC1. The maximum Gasteiger partial charge on any atom is 0.227 e. The van der Waals surface area contributed by atoms with Crippen LogP contribution < -0.4 is 0 Å². The molecule has 0 bridgehead atoms. The standard InChI is InChI=1S/C10H19N3/c1-11-6-9-13(3)10-4-7-12(2)8-5-10/h10H,4-9H2,2-3H3. The fraction of sp³-hybridized carbons (Fsp3) is 0.900. The molecule has 3 heteroatoms. The summed E-state index contributed by atoms with van der Waals surface area (Å²) in [5.41, 5.74) is 0. The summed E-state index contributed by atoms with van der Waals surface area (Å²) in [6.07, 6.45) is 2.51. The number of rotatable bonds is 3. The molecule has 0 atom stereocenters. The van der Waals surface area contributed by atoms with Crippen molar-refractivity contribution in [2.24, 2.45) is 0 Å². The molecule has 0 aliphatic carbocycles. The van der Waals surface area contributed by atoms with E-state index in [1.54, 1.807) is 0 Å². The molecule has 74 valence electrons. The summed E-state index contributed by atoms with van der Waals surface area (Å²) < 4.78 is 0. The van der Waals surface area contributed by atoms with Crippen LogP contribution in [0.1, 0.15) is 12.8 Å². The summed E-state index contributed by atoms with van der Waals surface area (Å²) in [7, 11) is 4.32. The molecule has 0 unspecified atom stereocenters. The maximum absolute atomic E-state index is 6.73. The van der Waals surface area contributed by atoms with Gasteiger partial charge >= 0.3 is 0 Å². The highest BCUT2D eigenvalue weighted by atomic mass is 15.2. The van der Waals surface area contributed by atoms with Gasteiger partial charge in [0.2, 0.25) is 6.54 Å². The van der Waals surface area contributed by atoms with E-state index in [9.17, 15) is 0 Å². The van der Waals surface area contributed by atoms with Crippen LogP contribution in [0.3, 0.4) is 0 Å². The Morgan fingerprint density at radius 1 is 1.46 bits per heavy atom. The van der Waals surface area contributed by atoms with Crippen LogP contribution in [-0.4, -0.2) is 56.1 Å². The molecule has 1 fully saturated rings. The third-order valence-corrected chi connectivity index (χ3v) is 2.88. The Hall–Kier alpha value is -0.590. The second-order valence-corrected chi connectivity index (χ2v) is 3.90. The molecule has 0 N–H and O–H groups in total. The average Bonchev–Trinajstić information content (AvgIpc) is 2.15. The topological polar surface area (TPSA) is 10.8 Å². The summed E-state index contributed by atoms with van der Waals surface area (Å²) in [4.78, 5) is 8.10. The number of hydrogen-bond donors (Lipinski definition) is 0. The molecule has 0 saturated carbocycles. The number of likely N-dealkylation sites (N-methyl/N-ethyl adjacent to an activating group) is 1. The molecule has 1 rings (SSSR count). The first-order valence-electron chi connectivity index (χ1n) is 4.96. The van der Waals surface area contributed by atoms with Gasteiger partial charge < -0.3 is 9.74 Å². The average molecular weight is 181 g/mol. The van der Waals surface area contributed by atoms with E-state index in [0.29, 0.717) is 12.6 Å². The summed E-state index contributed by atoms with van der Waals surface area (Å²) >= 11 is 0. The number of nitrogens with zero attached hydrogens (tertiary/aromatic N) is 3. The molecule has 13 heavy (non-hydrogen) atoms. The van der Waals surface area contributed by atoms with E-state index < -0.39 is 0 Å². The zero-order valence-corrected chi connectivity index (χ0v) is 8.66. The fourth-order valence-corrected chi connectivity index (χ4v) is 1.83. The van der Waals surface area contributed by atoms with Crippen molar-refractivity contribution in [2.75, 3.05) is 40.3 Å². The van der Waals surface area contributed by atoms with E-state index in [0.717, 1.165) is 6.54 Å². The third-order valence-electron chi connectivity index (χ3n) is 2.88. The van der Waals surface area contributed by atoms with Crippen LogP contribution in [0.4, 0.5) is 0 Å². The van der Waals surface area contributed by atoms with E-state index in [-0.39, 0.29) is 0 Å². The Balaban J connectivity index is 2.24. The molecule has 0 aromatic heterocycles. The van der Waals surface area contributed by atoms with Crippen LogP contribution in [0.15, 0.2) is 0 Å². The molecule has 0 spiro atoms. The van der Waals surface area contributed by atoms with Crippen LogP contribution in [0.5, 0.6) is 0 Å². The first-order chi connectivity index (χ1) is 6.24. The molecular weight excluding hydrogens is 162 g/mol. The lowest BCUT2D eigenvalue weighted by molar-refractivity contribution is 0.149. The maximum atomic E-state index is 6.73. The Kier molecular flexibility index (Phi) is 4.20. The number of piperidine rings is 1. The minimum atomic E-state index is 0.642. The Labute approximate surface area is 81.1 Å². The highest BCUT2D eigenvalue weighted by Gasteiger charge is 2.20. The minimum Gasteiger partial charge on any atom is -0.316 e. The van der Waals surface area contributed by atoms with Gasteiger partial charge in [-0.25, -0.2) is 6.57 Å². The Bertz CT molecular complexity index is 177. The first kappa shape index (κ1) is 10.5. The highest BCUT2D eigenvalue weighted by Crippen LogP contribution is 2.13. The molecule has 0 aromatic carbocycles. The van der Waals surface area contributed by atoms with Gasteiger partial charge in [0.15, 0.2) is 0 Å². The van der Waals surface area contributed by atoms with Crippen molar-refractivity contribution in [2.45, 2.75) is 18.9 Å². The van der Waals surface area contributed by atoms with E-state index in [1.807, 2.05) is 0 Å². The van der Waals surface area contributed by atoms with Gasteiger partial charge in [-0.3, -0.25) is 4.90 Å². The molecule has 0 amide bonds. The molecule has 0 aromatic rings. The Morgan fingerprint density at radius 2 is 2.08 bits per heavy atom. The van der Waals surface area contributed by atoms with Crippen molar-refractivity contribution >= 4 is 0 Å². The quantitative estimate of drug-likeness (QED) is 0.600. The number of hydrogen-bond acceptors (Lipinski definition) is 2. The van der Waals surface area contributed by atoms with Crippen LogP contribution in [0.25, 0.3) is 4.85 Å². The first-order valence-corrected chi connectivity index (χ1v) is 4.96. The van der Waals surface area contributed by atoms with Gasteiger partial charge in [0, 0.05) is 6.04 Å². The van der Waals surface area contributed by atoms with Gasteiger partial charge in [-0.1, -0.05) is 0 Å². The molecule has 0 radical (unpaired) electrons. The summed E-state index contributed by atoms with van der Waals surface area (Å²) in [5.74, 6) is 0. The molecule has 1 aliphatic heterocycles. The van der Waals surface area contributed by atoms with E-state index in [2.05, 4.69) is 28.7 Å². The van der Waals surface area contributed by atoms with Crippen molar-refractivity contribution in [3.63, 3.8) is 0 Å². The lowest BCUT2D eigenvalue weighted by Gasteiger charge is -2.34. The largest absolute Gasteiger partial charge is 0.316 e. The Morgan fingerprint density at radius 3 is 2.62 bits per heavy atom. The lowest BCUT2D eigenvalue weighted by Crippen LogP contribution is -2.42. The van der Waals surface area contributed by atoms with Gasteiger partial charge in [-0.15, -0.1) is 0 Å². The van der Waals surface area contributed by atoms with Gasteiger partial charge in [0.25, 0.3) is 0 Å². The van der Waals surface area contributed by atoms with Crippen LogP contribution in [0.2, 0.25) is 0 Å². The molecule has 1 heterocycles. The zero-order valence-electron chi connectivity index (χ0n) is 8.66. The normalized spacial score (nSPS) is 20.5. The lowest BCUT2D eigenvalue weighted by atomic mass is 10.0. The van der Waals surface area contributed by atoms with Crippen molar-refractivity contribution < 1.29 is 0 Å². The van der Waals surface area contributed by atoms with Crippen molar-refractivity contribution in [3.05, 3.63) is 11.4 Å². The van der Waals surface area contributed by atoms with Crippen LogP contribution in [0, 0.1) is 6.57 Å². The molecule has 1 aliphatic rings. The second kappa shape index (κ2) is 5.21. The van der Waals surface area contributed by atoms with Crippen molar-refractivity contribution in [1.29, 1.82) is 0 Å². The van der Waals surface area contributed by atoms with Gasteiger partial charge in [-0.05, 0) is 40.0 Å². The fourth-order valence-electron chi connectivity index (χ4n) is 1.83. The smallest absolute Gasteiger partial charge is 0.227 e. The predicted molar refractivity (Wildman–Crippen MR) is 54.6 cm³/mol. The number of likely N-dealkylation sites (tertiary alicyclic amines) is 1. The van der Waals surface area contributed by atoms with E-state index in [4.69, 9.17) is 6.57 Å². The zero-order chi connectivity index (χ0) is 9.68. The van der Waals surface area contributed by atoms with Gasteiger partial charge in [0.05, 0.1) is 6.54 Å². The van der Waals surface area contributed by atoms with Gasteiger partial charge in [0.1, 0.15) is 0 Å². The monoisotopic (exact) mass is 181 g/mol. The third kappa shape index (κ3) is 3.33. The summed E-state index contributed by atoms with van der Waals surface area (Å²) in [5, 5.41) is 0. The van der Waals surface area contributed by atoms with E-state index in [1.165, 1.54) is 25.9 Å². The molecular formula is C10H19N3. The van der Waals surface area contributed by atoms with E-state index >= 15 is 0 Å². The van der Waals surface area contributed by atoms with Crippen molar-refractivity contribution in [3.8, 4) is 0 Å². The van der Waals surface area contributed by atoms with Crippen LogP contribution in [-0.2, 0) is 0 Å². The van der Waals surface area contributed by atoms with Gasteiger partial charge in [-0.2, -0.15) is 0 Å². The second-order valence-electron chi connectivity index (χ2n) is 3.90. The molecule has 1 saturated heterocycles. The predicted octanol–water partition coefficient (Wildman–Crippen LogP) is 0.932.